The fraction of sp³-hybridized carbons (Fsp3) is 0.222. The van der Waals surface area contributed by atoms with Crippen LogP contribution in [-0.2, 0) is 6.54 Å². The van der Waals surface area contributed by atoms with Crippen LogP contribution in [0.15, 0.2) is 167 Å². The predicted octanol–water partition coefficient (Wildman–Crippen LogP) is 11.9. The van der Waals surface area contributed by atoms with Gasteiger partial charge in [-0.2, -0.15) is 0 Å². The van der Waals surface area contributed by atoms with Crippen LogP contribution in [0, 0.1) is 5.41 Å². The molecule has 0 unspecified atom stereocenters. The van der Waals surface area contributed by atoms with Gasteiger partial charge >= 0.3 is 0 Å². The van der Waals surface area contributed by atoms with Gasteiger partial charge in [-0.05, 0) is 108 Å². The van der Waals surface area contributed by atoms with Crippen molar-refractivity contribution in [2.45, 2.75) is 61.4 Å². The first-order valence-electron chi connectivity index (χ1n) is 16.6. The van der Waals surface area contributed by atoms with Crippen LogP contribution in [0.5, 0.6) is 0 Å². The summed E-state index contributed by atoms with van der Waals surface area (Å²) < 4.78 is 0. The molecule has 0 aliphatic heterocycles. The third-order valence-electron chi connectivity index (χ3n) is 9.18. The van der Waals surface area contributed by atoms with Crippen LogP contribution in [0.25, 0.3) is 16.8 Å². The van der Waals surface area contributed by atoms with Crippen LogP contribution < -0.4 is 5.73 Å². The van der Waals surface area contributed by atoms with Crippen LogP contribution >= 0.6 is 0 Å². The molecule has 0 saturated carbocycles. The first kappa shape index (κ1) is 34.9. The topological polar surface area (TPSA) is 38.4 Å². The van der Waals surface area contributed by atoms with Crippen LogP contribution in [0.1, 0.15) is 77.1 Å². The lowest BCUT2D eigenvalue weighted by Crippen LogP contribution is -2.12. The Labute approximate surface area is 283 Å². The number of aliphatic imine (C=N–C) groups is 1. The molecule has 2 N–H and O–H groups in total. The summed E-state index contributed by atoms with van der Waals surface area (Å²) in [5.41, 5.74) is 21.4. The molecule has 0 atom stereocenters. The normalized spacial score (nSPS) is 16.4. The largest absolute Gasteiger partial charge is 0.398 e. The summed E-state index contributed by atoms with van der Waals surface area (Å²) in [6.07, 6.45) is 16.1. The molecular formula is C45H50N2. The zero-order chi connectivity index (χ0) is 34.0. The molecule has 0 saturated heterocycles. The maximum absolute atomic E-state index is 6.84. The molecule has 47 heavy (non-hydrogen) atoms. The summed E-state index contributed by atoms with van der Waals surface area (Å²) in [7, 11) is 0. The Bertz CT molecular complexity index is 1830. The van der Waals surface area contributed by atoms with Crippen molar-refractivity contribution >= 4 is 22.6 Å². The van der Waals surface area contributed by atoms with Gasteiger partial charge < -0.3 is 5.73 Å². The van der Waals surface area contributed by atoms with Crippen molar-refractivity contribution in [1.82, 2.24) is 0 Å². The highest BCUT2D eigenvalue weighted by atomic mass is 14.7. The predicted molar refractivity (Wildman–Crippen MR) is 207 cm³/mol. The van der Waals surface area contributed by atoms with E-state index >= 15 is 0 Å². The van der Waals surface area contributed by atoms with Gasteiger partial charge in [0.2, 0.25) is 0 Å². The van der Waals surface area contributed by atoms with Crippen molar-refractivity contribution in [3.63, 3.8) is 0 Å². The summed E-state index contributed by atoms with van der Waals surface area (Å²) >= 11 is 0. The van der Waals surface area contributed by atoms with E-state index in [1.54, 1.807) is 0 Å². The van der Waals surface area contributed by atoms with Gasteiger partial charge in [0.25, 0.3) is 0 Å². The van der Waals surface area contributed by atoms with E-state index in [0.29, 0.717) is 12.2 Å². The maximum Gasteiger partial charge on any atom is 0.0647 e. The van der Waals surface area contributed by atoms with Gasteiger partial charge in [-0.3, -0.25) is 4.99 Å². The minimum absolute atomic E-state index is 0.0153. The SMILES string of the molecule is C=C/C(=C\C1=C(C)C(C)(C)C(/C=C\CC)=C1C)c1cccc(/C(N)=C/C(=NCc2ccccc2)/C(C)=C/C=C(\C)c2ccccc2)c1. The van der Waals surface area contributed by atoms with Crippen molar-refractivity contribution in [2.24, 2.45) is 16.1 Å². The Morgan fingerprint density at radius 2 is 1.49 bits per heavy atom. The van der Waals surface area contributed by atoms with Gasteiger partial charge in [-0.15, -0.1) is 0 Å². The van der Waals surface area contributed by atoms with E-state index in [4.69, 9.17) is 10.7 Å². The Morgan fingerprint density at radius 1 is 0.851 bits per heavy atom. The van der Waals surface area contributed by atoms with Crippen molar-refractivity contribution < 1.29 is 0 Å². The number of nitrogens with two attached hydrogens (primary N) is 1. The molecule has 1 aliphatic rings. The Morgan fingerprint density at radius 3 is 2.15 bits per heavy atom. The summed E-state index contributed by atoms with van der Waals surface area (Å²) in [4.78, 5) is 5.03. The second-order valence-electron chi connectivity index (χ2n) is 12.7. The second kappa shape index (κ2) is 16.1. The highest BCUT2D eigenvalue weighted by Crippen LogP contribution is 2.48. The van der Waals surface area contributed by atoms with Crippen molar-refractivity contribution in [2.75, 3.05) is 0 Å². The summed E-state index contributed by atoms with van der Waals surface area (Å²) in [6.45, 7) is 20.3. The molecule has 0 fully saturated rings. The summed E-state index contributed by atoms with van der Waals surface area (Å²) in [6, 6.07) is 29.1. The maximum atomic E-state index is 6.84. The van der Waals surface area contributed by atoms with Crippen molar-refractivity contribution in [3.8, 4) is 0 Å². The van der Waals surface area contributed by atoms with E-state index in [1.807, 2.05) is 36.4 Å². The average molecular weight is 619 g/mol. The molecule has 2 nitrogen and oxygen atoms in total. The molecule has 0 radical (unpaired) electrons. The zero-order valence-electron chi connectivity index (χ0n) is 29.3. The van der Waals surface area contributed by atoms with Gasteiger partial charge in [0.15, 0.2) is 0 Å². The monoisotopic (exact) mass is 618 g/mol. The Kier molecular flexibility index (Phi) is 11.9. The first-order chi connectivity index (χ1) is 22.6. The van der Waals surface area contributed by atoms with Crippen LogP contribution in [-0.4, -0.2) is 5.71 Å². The second-order valence-corrected chi connectivity index (χ2v) is 12.7. The van der Waals surface area contributed by atoms with E-state index in [0.717, 1.165) is 40.0 Å². The summed E-state index contributed by atoms with van der Waals surface area (Å²) in [5, 5.41) is 0. The average Bonchev–Trinajstić information content (AvgIpc) is 3.25. The molecule has 1 aliphatic carbocycles. The number of benzene rings is 3. The molecule has 0 heterocycles. The van der Waals surface area contributed by atoms with Gasteiger partial charge in [-0.25, -0.2) is 0 Å². The van der Waals surface area contributed by atoms with Gasteiger partial charge in [0.1, 0.15) is 0 Å². The smallest absolute Gasteiger partial charge is 0.0647 e. The van der Waals surface area contributed by atoms with Gasteiger partial charge in [-0.1, -0.05) is 142 Å². The molecule has 0 bridgehead atoms. The zero-order valence-corrected chi connectivity index (χ0v) is 29.3. The van der Waals surface area contributed by atoms with E-state index in [2.05, 4.69) is 146 Å². The van der Waals surface area contributed by atoms with Crippen LogP contribution in [0.3, 0.4) is 0 Å². The molecule has 3 aromatic carbocycles. The number of allylic oxidation sites excluding steroid dienone is 14. The highest BCUT2D eigenvalue weighted by molar-refractivity contribution is 6.11. The molecule has 2 heteroatoms. The minimum Gasteiger partial charge on any atom is -0.398 e. The lowest BCUT2D eigenvalue weighted by Gasteiger charge is -2.23. The summed E-state index contributed by atoms with van der Waals surface area (Å²) in [5.74, 6) is 0. The molecule has 0 amide bonds. The lowest BCUT2D eigenvalue weighted by atomic mass is 9.80. The molecule has 0 aromatic heterocycles. The minimum atomic E-state index is -0.0153. The number of hydrogen-bond donors (Lipinski definition) is 1. The van der Waals surface area contributed by atoms with Crippen molar-refractivity contribution in [1.29, 1.82) is 0 Å². The van der Waals surface area contributed by atoms with Crippen molar-refractivity contribution in [3.05, 3.63) is 184 Å². The molecule has 240 valence electrons. The fourth-order valence-corrected chi connectivity index (χ4v) is 5.92. The Balaban J connectivity index is 1.71. The van der Waals surface area contributed by atoms with E-state index in [9.17, 15) is 0 Å². The molecule has 4 rings (SSSR count). The van der Waals surface area contributed by atoms with Crippen LogP contribution in [0.4, 0.5) is 0 Å². The van der Waals surface area contributed by atoms with Gasteiger partial charge in [0.05, 0.1) is 12.3 Å². The van der Waals surface area contributed by atoms with E-state index in [1.165, 1.54) is 33.4 Å². The highest BCUT2D eigenvalue weighted by Gasteiger charge is 2.33. The Hall–Kier alpha value is -4.95. The molecule has 3 aromatic rings. The van der Waals surface area contributed by atoms with E-state index in [-0.39, 0.29) is 5.41 Å². The lowest BCUT2D eigenvalue weighted by molar-refractivity contribution is 0.561. The molecular weight excluding hydrogens is 569 g/mol. The molecule has 0 spiro atoms. The number of nitrogens with zero attached hydrogens (tertiary/aromatic N) is 1. The van der Waals surface area contributed by atoms with E-state index < -0.39 is 0 Å². The third kappa shape index (κ3) is 8.65. The number of rotatable bonds is 12. The standard InChI is InChI=1S/C45H50N2/c1-9-11-25-42-34(5)41(35(6)45(42,7)8)29-37(10-2)39-23-18-24-40(28-39)43(46)30-44(47-31-36-19-14-12-15-20-36)33(4)27-26-32(3)38-21-16-13-17-22-38/h10-30H,2,9,31,46H2,1,3-8H3/b25-11-,32-26+,33-27+,37-29+,43-30-,47-44?. The first-order valence-corrected chi connectivity index (χ1v) is 16.6. The van der Waals surface area contributed by atoms with Gasteiger partial charge in [0, 0.05) is 11.1 Å². The van der Waals surface area contributed by atoms with Crippen LogP contribution in [0.2, 0.25) is 0 Å². The fourth-order valence-electron chi connectivity index (χ4n) is 5.92. The quantitative estimate of drug-likeness (QED) is 0.159. The number of hydrogen-bond acceptors (Lipinski definition) is 2. The third-order valence-corrected chi connectivity index (χ3v) is 9.18.